The van der Waals surface area contributed by atoms with Gasteiger partial charge in [0, 0.05) is 6.54 Å². The van der Waals surface area contributed by atoms with Crippen LogP contribution in [-0.2, 0) is 14.8 Å². The molecule has 2 N–H and O–H groups in total. The van der Waals surface area contributed by atoms with Crippen molar-refractivity contribution in [2.75, 3.05) is 6.54 Å². The lowest BCUT2D eigenvalue weighted by molar-refractivity contribution is -0.124. The van der Waals surface area contributed by atoms with Crippen LogP contribution in [-0.4, -0.2) is 26.9 Å². The van der Waals surface area contributed by atoms with Gasteiger partial charge < -0.3 is 5.32 Å². The Hall–Kier alpha value is -0.920. The van der Waals surface area contributed by atoms with Gasteiger partial charge in [0.25, 0.3) is 10.0 Å². The standard InChI is InChI=1S/C10H14N2O3S2/c1-7-5-9(16-6-7)17(14,15)12-8-3-2-4-11-10(8)13/h5-6,8,12H,2-4H2,1H3,(H,11,13)/t8-/m0/s1. The minimum absolute atomic E-state index is 0.242. The van der Waals surface area contributed by atoms with Crippen LogP contribution in [0.5, 0.6) is 0 Å². The SMILES string of the molecule is Cc1csc(S(=O)(=O)N[C@H]2CCCNC2=O)c1. The monoisotopic (exact) mass is 274 g/mol. The minimum Gasteiger partial charge on any atom is -0.355 e. The van der Waals surface area contributed by atoms with Crippen LogP contribution in [0.3, 0.4) is 0 Å². The average Bonchev–Trinajstić information content (AvgIpc) is 2.69. The number of hydrogen-bond donors (Lipinski definition) is 2. The van der Waals surface area contributed by atoms with Crippen molar-refractivity contribution in [2.24, 2.45) is 0 Å². The number of aryl methyl sites for hydroxylation is 1. The van der Waals surface area contributed by atoms with Gasteiger partial charge in [0.05, 0.1) is 0 Å². The number of rotatable bonds is 3. The highest BCUT2D eigenvalue weighted by Gasteiger charge is 2.28. The number of thiophene rings is 1. The molecule has 1 aromatic rings. The first-order valence-electron chi connectivity index (χ1n) is 5.34. The summed E-state index contributed by atoms with van der Waals surface area (Å²) in [6.45, 7) is 2.46. The van der Waals surface area contributed by atoms with Crippen LogP contribution in [0.4, 0.5) is 0 Å². The molecule has 0 aliphatic carbocycles. The number of amides is 1. The van der Waals surface area contributed by atoms with E-state index in [0.717, 1.165) is 23.3 Å². The zero-order valence-electron chi connectivity index (χ0n) is 9.39. The van der Waals surface area contributed by atoms with Crippen LogP contribution in [0.25, 0.3) is 0 Å². The molecular weight excluding hydrogens is 260 g/mol. The maximum absolute atomic E-state index is 12.0. The third-order valence-corrected chi connectivity index (χ3v) is 5.58. The van der Waals surface area contributed by atoms with Crippen LogP contribution in [0.15, 0.2) is 15.7 Å². The van der Waals surface area contributed by atoms with Crippen molar-refractivity contribution >= 4 is 27.3 Å². The van der Waals surface area contributed by atoms with Gasteiger partial charge in [-0.15, -0.1) is 11.3 Å². The van der Waals surface area contributed by atoms with Crippen LogP contribution in [0.2, 0.25) is 0 Å². The predicted molar refractivity (Wildman–Crippen MR) is 65.4 cm³/mol. The Morgan fingerprint density at radius 1 is 1.53 bits per heavy atom. The van der Waals surface area contributed by atoms with E-state index in [1.807, 2.05) is 6.92 Å². The van der Waals surface area contributed by atoms with E-state index in [-0.39, 0.29) is 10.1 Å². The number of sulfonamides is 1. The molecule has 0 unspecified atom stereocenters. The average molecular weight is 274 g/mol. The number of nitrogens with one attached hydrogen (secondary N) is 2. The number of hydrogen-bond acceptors (Lipinski definition) is 4. The van der Waals surface area contributed by atoms with Gasteiger partial charge in [-0.25, -0.2) is 8.42 Å². The minimum atomic E-state index is -3.56. The molecule has 0 radical (unpaired) electrons. The molecule has 2 rings (SSSR count). The van der Waals surface area contributed by atoms with Gasteiger partial charge in [-0.1, -0.05) is 0 Å². The van der Waals surface area contributed by atoms with Crippen LogP contribution in [0.1, 0.15) is 18.4 Å². The summed E-state index contributed by atoms with van der Waals surface area (Å²) in [5.41, 5.74) is 0.906. The smallest absolute Gasteiger partial charge is 0.250 e. The quantitative estimate of drug-likeness (QED) is 0.848. The topological polar surface area (TPSA) is 75.3 Å². The van der Waals surface area contributed by atoms with E-state index in [2.05, 4.69) is 10.0 Å². The summed E-state index contributed by atoms with van der Waals surface area (Å²) in [4.78, 5) is 11.5. The van der Waals surface area contributed by atoms with Crippen LogP contribution >= 0.6 is 11.3 Å². The van der Waals surface area contributed by atoms with Gasteiger partial charge in [0.1, 0.15) is 10.3 Å². The number of piperidine rings is 1. The maximum atomic E-state index is 12.0. The van der Waals surface area contributed by atoms with E-state index in [0.29, 0.717) is 13.0 Å². The number of carbonyl (C=O) groups excluding carboxylic acids is 1. The highest BCUT2D eigenvalue weighted by molar-refractivity contribution is 7.91. The second-order valence-electron chi connectivity index (χ2n) is 4.05. The third-order valence-electron chi connectivity index (χ3n) is 2.55. The maximum Gasteiger partial charge on any atom is 0.250 e. The van der Waals surface area contributed by atoms with Crippen LogP contribution < -0.4 is 10.0 Å². The molecule has 0 spiro atoms. The normalized spacial score (nSPS) is 21.2. The van der Waals surface area contributed by atoms with Gasteiger partial charge in [0.15, 0.2) is 0 Å². The molecule has 0 saturated carbocycles. The van der Waals surface area contributed by atoms with Crippen molar-refractivity contribution < 1.29 is 13.2 Å². The first-order chi connectivity index (χ1) is 7.99. The fourth-order valence-corrected chi connectivity index (χ4v) is 4.15. The molecule has 0 aromatic carbocycles. The first-order valence-corrected chi connectivity index (χ1v) is 7.70. The van der Waals surface area contributed by atoms with E-state index in [4.69, 9.17) is 0 Å². The Labute approximate surface area is 104 Å². The summed E-state index contributed by atoms with van der Waals surface area (Å²) in [5, 5.41) is 4.42. The summed E-state index contributed by atoms with van der Waals surface area (Å²) >= 11 is 1.16. The van der Waals surface area contributed by atoms with Crippen molar-refractivity contribution in [3.63, 3.8) is 0 Å². The van der Waals surface area contributed by atoms with Crippen molar-refractivity contribution in [1.29, 1.82) is 0 Å². The summed E-state index contributed by atoms with van der Waals surface area (Å²) in [6.07, 6.45) is 1.35. The van der Waals surface area contributed by atoms with Gasteiger partial charge in [-0.2, -0.15) is 4.72 Å². The first kappa shape index (κ1) is 12.5. The molecule has 1 aliphatic heterocycles. The summed E-state index contributed by atoms with van der Waals surface area (Å²) < 4.78 is 26.7. The fraction of sp³-hybridized carbons (Fsp3) is 0.500. The molecule has 1 aliphatic rings. The third kappa shape index (κ3) is 2.85. The molecule has 0 bridgehead atoms. The summed E-state index contributed by atoms with van der Waals surface area (Å²) in [7, 11) is -3.56. The van der Waals surface area contributed by atoms with Crippen molar-refractivity contribution in [3.05, 3.63) is 17.0 Å². The molecule has 1 atom stereocenters. The molecule has 94 valence electrons. The van der Waals surface area contributed by atoms with Gasteiger partial charge in [-0.05, 0) is 36.8 Å². The lowest BCUT2D eigenvalue weighted by Gasteiger charge is -2.22. The lowest BCUT2D eigenvalue weighted by Crippen LogP contribution is -2.49. The largest absolute Gasteiger partial charge is 0.355 e. The van der Waals surface area contributed by atoms with Crippen molar-refractivity contribution in [1.82, 2.24) is 10.0 Å². The molecule has 17 heavy (non-hydrogen) atoms. The highest BCUT2D eigenvalue weighted by Crippen LogP contribution is 2.20. The van der Waals surface area contributed by atoms with Gasteiger partial charge in [-0.3, -0.25) is 4.79 Å². The summed E-state index contributed by atoms with van der Waals surface area (Å²) in [5.74, 6) is -0.242. The summed E-state index contributed by atoms with van der Waals surface area (Å²) in [6, 6.07) is 0.962. The van der Waals surface area contributed by atoms with E-state index >= 15 is 0 Å². The van der Waals surface area contributed by atoms with Crippen molar-refractivity contribution in [2.45, 2.75) is 30.0 Å². The van der Waals surface area contributed by atoms with E-state index in [9.17, 15) is 13.2 Å². The molecule has 1 aromatic heterocycles. The van der Waals surface area contributed by atoms with E-state index < -0.39 is 16.1 Å². The van der Waals surface area contributed by atoms with E-state index in [1.165, 1.54) is 0 Å². The Bertz CT molecular complexity index is 521. The molecule has 1 fully saturated rings. The van der Waals surface area contributed by atoms with Gasteiger partial charge in [0.2, 0.25) is 5.91 Å². The zero-order valence-corrected chi connectivity index (χ0v) is 11.0. The molecule has 1 saturated heterocycles. The lowest BCUT2D eigenvalue weighted by atomic mass is 10.1. The zero-order chi connectivity index (χ0) is 12.5. The van der Waals surface area contributed by atoms with Gasteiger partial charge >= 0.3 is 0 Å². The molecule has 7 heteroatoms. The Balaban J connectivity index is 2.14. The van der Waals surface area contributed by atoms with Crippen LogP contribution in [0, 0.1) is 6.92 Å². The van der Waals surface area contributed by atoms with Crippen molar-refractivity contribution in [3.8, 4) is 0 Å². The molecule has 5 nitrogen and oxygen atoms in total. The Kier molecular flexibility index (Phi) is 3.50. The fourth-order valence-electron chi connectivity index (χ4n) is 1.68. The second kappa shape index (κ2) is 4.75. The molecule has 1 amide bonds. The Morgan fingerprint density at radius 3 is 2.88 bits per heavy atom. The predicted octanol–water partition coefficient (Wildman–Crippen LogP) is 0.613. The second-order valence-corrected chi connectivity index (χ2v) is 6.90. The number of carbonyl (C=O) groups is 1. The molecular formula is C10H14N2O3S2. The van der Waals surface area contributed by atoms with E-state index in [1.54, 1.807) is 11.4 Å². The highest BCUT2D eigenvalue weighted by atomic mass is 32.2. The molecule has 2 heterocycles. The Morgan fingerprint density at radius 2 is 2.29 bits per heavy atom.